The fourth-order valence-corrected chi connectivity index (χ4v) is 2.28. The van der Waals surface area contributed by atoms with Crippen LogP contribution in [0.25, 0.3) is 0 Å². The number of rotatable bonds is 6. The standard InChI is InChI=1S/C10H12INO6S/c1-10(13,6-11)7-18-19(16,17)9-4-2-8(3-5-9)12(14)15/h2-5,13H,6-7H2,1H3. The van der Waals surface area contributed by atoms with Crippen LogP contribution in [0.3, 0.4) is 0 Å². The molecule has 106 valence electrons. The second-order valence-electron chi connectivity index (χ2n) is 4.10. The van der Waals surface area contributed by atoms with Gasteiger partial charge < -0.3 is 5.11 Å². The molecule has 0 aliphatic rings. The molecule has 0 aliphatic heterocycles. The number of nitrogens with zero attached hydrogens (tertiary/aromatic N) is 1. The van der Waals surface area contributed by atoms with E-state index >= 15 is 0 Å². The van der Waals surface area contributed by atoms with E-state index in [0.29, 0.717) is 4.43 Å². The lowest BCUT2D eigenvalue weighted by Crippen LogP contribution is -2.33. The average molecular weight is 401 g/mol. The van der Waals surface area contributed by atoms with Gasteiger partial charge in [0.2, 0.25) is 0 Å². The third-order valence-electron chi connectivity index (χ3n) is 2.15. The molecule has 1 rings (SSSR count). The van der Waals surface area contributed by atoms with Crippen molar-refractivity contribution in [2.24, 2.45) is 0 Å². The van der Waals surface area contributed by atoms with E-state index in [2.05, 4.69) is 0 Å². The summed E-state index contributed by atoms with van der Waals surface area (Å²) < 4.78 is 28.6. The van der Waals surface area contributed by atoms with Crippen molar-refractivity contribution in [3.8, 4) is 0 Å². The Morgan fingerprint density at radius 3 is 2.37 bits per heavy atom. The van der Waals surface area contributed by atoms with Crippen LogP contribution in [0.5, 0.6) is 0 Å². The van der Waals surface area contributed by atoms with Gasteiger partial charge in [-0.05, 0) is 19.1 Å². The number of alkyl halides is 1. The van der Waals surface area contributed by atoms with E-state index in [0.717, 1.165) is 24.3 Å². The number of hydrogen-bond donors (Lipinski definition) is 1. The van der Waals surface area contributed by atoms with Crippen LogP contribution in [-0.4, -0.2) is 35.1 Å². The molecule has 1 unspecified atom stereocenters. The summed E-state index contributed by atoms with van der Waals surface area (Å²) in [5, 5.41) is 20.1. The average Bonchev–Trinajstić information content (AvgIpc) is 2.37. The van der Waals surface area contributed by atoms with Gasteiger partial charge >= 0.3 is 0 Å². The van der Waals surface area contributed by atoms with Crippen molar-refractivity contribution in [1.29, 1.82) is 0 Å². The molecule has 0 heterocycles. The second kappa shape index (κ2) is 6.11. The van der Waals surface area contributed by atoms with Gasteiger partial charge in [0, 0.05) is 16.6 Å². The topological polar surface area (TPSA) is 107 Å². The Labute approximate surface area is 124 Å². The molecule has 0 fully saturated rings. The monoisotopic (exact) mass is 401 g/mol. The van der Waals surface area contributed by atoms with Crippen LogP contribution in [0, 0.1) is 10.1 Å². The number of non-ortho nitro benzene ring substituents is 1. The van der Waals surface area contributed by atoms with Crippen molar-refractivity contribution in [1.82, 2.24) is 0 Å². The van der Waals surface area contributed by atoms with Crippen molar-refractivity contribution < 1.29 is 22.6 Å². The summed E-state index contributed by atoms with van der Waals surface area (Å²) in [5.41, 5.74) is -1.47. The summed E-state index contributed by atoms with van der Waals surface area (Å²) in [4.78, 5) is 9.63. The van der Waals surface area contributed by atoms with E-state index in [9.17, 15) is 23.6 Å². The SMILES string of the molecule is CC(O)(CI)COS(=O)(=O)c1ccc([N+](=O)[O-])cc1. The van der Waals surface area contributed by atoms with Crippen LogP contribution >= 0.6 is 22.6 Å². The smallest absolute Gasteiger partial charge is 0.297 e. The number of nitro benzene ring substituents is 1. The van der Waals surface area contributed by atoms with Gasteiger partial charge in [0.25, 0.3) is 15.8 Å². The number of aliphatic hydroxyl groups is 1. The molecule has 0 saturated carbocycles. The first-order valence-electron chi connectivity index (χ1n) is 5.10. The quantitative estimate of drug-likeness (QED) is 0.255. The van der Waals surface area contributed by atoms with E-state index < -0.39 is 20.6 Å². The number of nitro groups is 1. The number of halogens is 1. The zero-order valence-corrected chi connectivity index (χ0v) is 12.9. The fourth-order valence-electron chi connectivity index (χ4n) is 1.05. The third kappa shape index (κ3) is 4.67. The molecule has 0 radical (unpaired) electrons. The molecule has 9 heteroatoms. The summed E-state index contributed by atoms with van der Waals surface area (Å²) in [6.07, 6.45) is 0. The lowest BCUT2D eigenvalue weighted by atomic mass is 10.2. The Morgan fingerprint density at radius 1 is 1.42 bits per heavy atom. The van der Waals surface area contributed by atoms with Gasteiger partial charge in [0.05, 0.1) is 22.0 Å². The van der Waals surface area contributed by atoms with Crippen molar-refractivity contribution in [3.63, 3.8) is 0 Å². The largest absolute Gasteiger partial charge is 0.387 e. The van der Waals surface area contributed by atoms with Crippen molar-refractivity contribution in [2.45, 2.75) is 17.4 Å². The first-order valence-corrected chi connectivity index (χ1v) is 8.03. The van der Waals surface area contributed by atoms with Crippen LogP contribution in [0.2, 0.25) is 0 Å². The maximum absolute atomic E-state index is 11.8. The lowest BCUT2D eigenvalue weighted by molar-refractivity contribution is -0.384. The number of benzene rings is 1. The van der Waals surface area contributed by atoms with Gasteiger partial charge in [-0.1, -0.05) is 22.6 Å². The first kappa shape index (κ1) is 16.3. The van der Waals surface area contributed by atoms with E-state index in [-0.39, 0.29) is 17.2 Å². The van der Waals surface area contributed by atoms with Gasteiger partial charge in [-0.2, -0.15) is 8.42 Å². The summed E-state index contributed by atoms with van der Waals surface area (Å²) in [6, 6.07) is 4.33. The van der Waals surface area contributed by atoms with Gasteiger partial charge in [0.1, 0.15) is 0 Å². The van der Waals surface area contributed by atoms with Crippen molar-refractivity contribution in [3.05, 3.63) is 34.4 Å². The molecule has 1 atom stereocenters. The van der Waals surface area contributed by atoms with Gasteiger partial charge in [-0.25, -0.2) is 0 Å². The highest BCUT2D eigenvalue weighted by molar-refractivity contribution is 14.1. The molecule has 0 spiro atoms. The maximum Gasteiger partial charge on any atom is 0.297 e. The minimum Gasteiger partial charge on any atom is -0.387 e. The Hall–Kier alpha value is -0.780. The van der Waals surface area contributed by atoms with Crippen LogP contribution in [0.1, 0.15) is 6.92 Å². The fraction of sp³-hybridized carbons (Fsp3) is 0.400. The van der Waals surface area contributed by atoms with Crippen LogP contribution in [0.4, 0.5) is 5.69 Å². The Kier molecular flexibility index (Phi) is 5.24. The molecule has 1 aromatic carbocycles. The van der Waals surface area contributed by atoms with Gasteiger partial charge in [-0.15, -0.1) is 0 Å². The van der Waals surface area contributed by atoms with Crippen LogP contribution < -0.4 is 0 Å². The zero-order chi connectivity index (χ0) is 14.7. The Bertz CT molecular complexity index is 554. The van der Waals surface area contributed by atoms with Crippen LogP contribution in [-0.2, 0) is 14.3 Å². The molecular formula is C10H12INO6S. The highest BCUT2D eigenvalue weighted by atomic mass is 127. The summed E-state index contributed by atoms with van der Waals surface area (Å²) in [7, 11) is -4.03. The molecular weight excluding hydrogens is 389 g/mol. The molecule has 0 saturated heterocycles. The minimum atomic E-state index is -4.03. The predicted octanol–water partition coefficient (Wildman–Crippen LogP) is 1.49. The normalized spacial score (nSPS) is 14.9. The third-order valence-corrected chi connectivity index (χ3v) is 5.07. The summed E-state index contributed by atoms with van der Waals surface area (Å²) in [5.74, 6) is 0. The summed E-state index contributed by atoms with van der Waals surface area (Å²) in [6.45, 7) is 1.07. The minimum absolute atomic E-state index is 0.192. The molecule has 1 aromatic rings. The maximum atomic E-state index is 11.8. The first-order chi connectivity index (χ1) is 8.68. The van der Waals surface area contributed by atoms with Gasteiger partial charge in [-0.3, -0.25) is 14.3 Å². The molecule has 0 amide bonds. The molecule has 7 nitrogen and oxygen atoms in total. The van der Waals surface area contributed by atoms with E-state index in [1.165, 1.54) is 6.92 Å². The Balaban J connectivity index is 2.86. The van der Waals surface area contributed by atoms with Crippen molar-refractivity contribution >= 4 is 38.4 Å². The lowest BCUT2D eigenvalue weighted by Gasteiger charge is -2.19. The molecule has 0 aromatic heterocycles. The zero-order valence-electron chi connectivity index (χ0n) is 9.95. The highest BCUT2D eigenvalue weighted by Crippen LogP contribution is 2.19. The van der Waals surface area contributed by atoms with Crippen LogP contribution in [0.15, 0.2) is 29.2 Å². The van der Waals surface area contributed by atoms with E-state index in [1.807, 2.05) is 22.6 Å². The highest BCUT2D eigenvalue weighted by Gasteiger charge is 2.24. The molecule has 0 bridgehead atoms. The van der Waals surface area contributed by atoms with Gasteiger partial charge in [0.15, 0.2) is 0 Å². The number of hydrogen-bond acceptors (Lipinski definition) is 6. The Morgan fingerprint density at radius 2 is 1.95 bits per heavy atom. The summed E-state index contributed by atoms with van der Waals surface area (Å²) >= 11 is 1.91. The molecule has 19 heavy (non-hydrogen) atoms. The molecule has 0 aliphatic carbocycles. The van der Waals surface area contributed by atoms with E-state index in [4.69, 9.17) is 4.18 Å². The second-order valence-corrected chi connectivity index (χ2v) is 6.48. The van der Waals surface area contributed by atoms with Crippen molar-refractivity contribution in [2.75, 3.05) is 11.0 Å². The molecule has 1 N–H and O–H groups in total. The van der Waals surface area contributed by atoms with E-state index in [1.54, 1.807) is 0 Å². The predicted molar refractivity (Wildman–Crippen MR) is 75.7 cm³/mol.